The third kappa shape index (κ3) is 6.70. The lowest BCUT2D eigenvalue weighted by molar-refractivity contribution is -0.881. The van der Waals surface area contributed by atoms with Crippen molar-refractivity contribution in [2.24, 2.45) is 0 Å². The highest BCUT2D eigenvalue weighted by atomic mass is 19.4. The minimum Gasteiger partial charge on any atom is -0.347 e. The molecule has 0 radical (unpaired) electrons. The fraction of sp³-hybridized carbons (Fsp3) is 0.300. The van der Waals surface area contributed by atoms with Crippen LogP contribution in [0.5, 0.6) is 0 Å². The Kier molecular flexibility index (Phi) is 7.57. The molecule has 0 heterocycles. The number of nitrogens with one attached hydrogen (secondary N) is 3. The van der Waals surface area contributed by atoms with Gasteiger partial charge in [-0.2, -0.15) is 13.2 Å². The highest BCUT2D eigenvalue weighted by Gasteiger charge is 2.33. The van der Waals surface area contributed by atoms with E-state index in [1.807, 2.05) is 30.3 Å². The summed E-state index contributed by atoms with van der Waals surface area (Å²) in [6.07, 6.45) is -4.56. The molecule has 0 aliphatic carbocycles. The molecule has 8 heteroatoms. The number of likely N-dealkylation sites (N-methyl/N-ethyl adjacent to an activating group) is 1. The number of halogens is 3. The number of hydrogen-bond donors (Lipinski definition) is 3. The Bertz CT molecular complexity index is 795. The van der Waals surface area contributed by atoms with Gasteiger partial charge in [0.05, 0.1) is 17.8 Å². The number of alkyl halides is 3. The summed E-state index contributed by atoms with van der Waals surface area (Å²) in [5.41, 5.74) is -0.235. The molecule has 0 aliphatic heterocycles. The van der Waals surface area contributed by atoms with Gasteiger partial charge >= 0.3 is 6.18 Å². The third-order valence-electron chi connectivity index (χ3n) is 4.16. The predicted molar refractivity (Wildman–Crippen MR) is 99.6 cm³/mol. The fourth-order valence-corrected chi connectivity index (χ4v) is 2.66. The molecule has 0 fully saturated rings. The minimum absolute atomic E-state index is 0.0532. The molecule has 0 spiro atoms. The van der Waals surface area contributed by atoms with Crippen LogP contribution in [0.1, 0.15) is 18.1 Å². The Morgan fingerprint density at radius 2 is 1.54 bits per heavy atom. The summed E-state index contributed by atoms with van der Waals surface area (Å²) in [7, 11) is 0. The van der Waals surface area contributed by atoms with Gasteiger partial charge in [0.1, 0.15) is 0 Å². The van der Waals surface area contributed by atoms with Crippen LogP contribution < -0.4 is 15.5 Å². The van der Waals surface area contributed by atoms with Gasteiger partial charge in [-0.3, -0.25) is 9.59 Å². The average Bonchev–Trinajstić information content (AvgIpc) is 2.66. The summed E-state index contributed by atoms with van der Waals surface area (Å²) in [5, 5.41) is 5.08. The first-order chi connectivity index (χ1) is 13.3. The number of carbonyl (C=O) groups is 2. The highest BCUT2D eigenvalue weighted by molar-refractivity contribution is 5.92. The summed E-state index contributed by atoms with van der Waals surface area (Å²) in [5.74, 6) is -0.811. The van der Waals surface area contributed by atoms with Gasteiger partial charge in [-0.25, -0.2) is 0 Å². The largest absolute Gasteiger partial charge is 0.418 e. The van der Waals surface area contributed by atoms with E-state index in [2.05, 4.69) is 10.6 Å². The van der Waals surface area contributed by atoms with Gasteiger partial charge < -0.3 is 15.5 Å². The lowest BCUT2D eigenvalue weighted by Crippen LogP contribution is -3.14. The molecule has 0 saturated carbocycles. The lowest BCUT2D eigenvalue weighted by Gasteiger charge is -2.18. The van der Waals surface area contributed by atoms with Crippen LogP contribution >= 0.6 is 0 Å². The van der Waals surface area contributed by atoms with E-state index in [9.17, 15) is 22.8 Å². The minimum atomic E-state index is -4.56. The second kappa shape index (κ2) is 9.89. The van der Waals surface area contributed by atoms with Crippen molar-refractivity contribution in [2.45, 2.75) is 19.6 Å². The number of carbonyl (C=O) groups excluding carboxylic acids is 2. The number of amides is 2. The molecule has 1 unspecified atom stereocenters. The topological polar surface area (TPSA) is 62.6 Å². The fourth-order valence-electron chi connectivity index (χ4n) is 2.66. The van der Waals surface area contributed by atoms with Crippen molar-refractivity contribution in [1.29, 1.82) is 0 Å². The van der Waals surface area contributed by atoms with Crippen LogP contribution in [-0.2, 0) is 22.3 Å². The van der Waals surface area contributed by atoms with E-state index in [0.29, 0.717) is 18.0 Å². The first-order valence-electron chi connectivity index (χ1n) is 8.90. The first-order valence-corrected chi connectivity index (χ1v) is 8.90. The second-order valence-electron chi connectivity index (χ2n) is 6.31. The number of para-hydroxylation sites is 1. The number of rotatable bonds is 8. The molecule has 1 atom stereocenters. The Morgan fingerprint density at radius 3 is 2.18 bits per heavy atom. The summed E-state index contributed by atoms with van der Waals surface area (Å²) in [6.45, 7) is 2.60. The molecule has 150 valence electrons. The second-order valence-corrected chi connectivity index (χ2v) is 6.31. The maximum atomic E-state index is 13.0. The molecule has 2 rings (SSSR count). The lowest BCUT2D eigenvalue weighted by atomic mass is 10.1. The van der Waals surface area contributed by atoms with Crippen molar-refractivity contribution < 1.29 is 27.7 Å². The number of anilines is 1. The van der Waals surface area contributed by atoms with Gasteiger partial charge in [-0.05, 0) is 24.6 Å². The molecular formula is C20H23F3N3O2+. The van der Waals surface area contributed by atoms with Gasteiger partial charge in [0, 0.05) is 6.54 Å². The molecule has 28 heavy (non-hydrogen) atoms. The van der Waals surface area contributed by atoms with E-state index in [1.54, 1.807) is 6.92 Å². The van der Waals surface area contributed by atoms with Crippen molar-refractivity contribution in [3.05, 3.63) is 65.7 Å². The van der Waals surface area contributed by atoms with Gasteiger partial charge in [0.25, 0.3) is 11.8 Å². The SMILES string of the molecule is CC[NH+](CC(=O)NCc1ccccc1)CC(=O)Nc1ccccc1C(F)(F)F. The zero-order chi connectivity index (χ0) is 20.6. The molecule has 0 aliphatic rings. The van der Waals surface area contributed by atoms with Gasteiger partial charge in [-0.15, -0.1) is 0 Å². The molecule has 3 N–H and O–H groups in total. The van der Waals surface area contributed by atoms with Crippen LogP contribution in [0.3, 0.4) is 0 Å². The van der Waals surface area contributed by atoms with Gasteiger partial charge in [-0.1, -0.05) is 42.5 Å². The smallest absolute Gasteiger partial charge is 0.347 e. The molecule has 2 aromatic carbocycles. The van der Waals surface area contributed by atoms with E-state index in [0.717, 1.165) is 11.6 Å². The van der Waals surface area contributed by atoms with E-state index < -0.39 is 17.6 Å². The highest BCUT2D eigenvalue weighted by Crippen LogP contribution is 2.34. The summed E-state index contributed by atoms with van der Waals surface area (Å²) in [4.78, 5) is 24.9. The molecule has 0 saturated heterocycles. The van der Waals surface area contributed by atoms with Crippen LogP contribution in [0.15, 0.2) is 54.6 Å². The van der Waals surface area contributed by atoms with E-state index in [4.69, 9.17) is 0 Å². The van der Waals surface area contributed by atoms with Crippen molar-refractivity contribution in [3.63, 3.8) is 0 Å². The van der Waals surface area contributed by atoms with E-state index in [-0.39, 0.29) is 24.7 Å². The Morgan fingerprint density at radius 1 is 0.929 bits per heavy atom. The van der Waals surface area contributed by atoms with Crippen molar-refractivity contribution in [3.8, 4) is 0 Å². The zero-order valence-electron chi connectivity index (χ0n) is 15.5. The number of benzene rings is 2. The predicted octanol–water partition coefficient (Wildman–Crippen LogP) is 1.87. The monoisotopic (exact) mass is 394 g/mol. The Hall–Kier alpha value is -2.87. The summed E-state index contributed by atoms with van der Waals surface area (Å²) in [6, 6.07) is 14.2. The van der Waals surface area contributed by atoms with Crippen LogP contribution in [0.25, 0.3) is 0 Å². The molecule has 2 amide bonds. The van der Waals surface area contributed by atoms with Crippen LogP contribution in [0.2, 0.25) is 0 Å². The average molecular weight is 394 g/mol. The molecule has 0 aromatic heterocycles. The van der Waals surface area contributed by atoms with Crippen molar-refractivity contribution in [1.82, 2.24) is 5.32 Å². The number of hydrogen-bond acceptors (Lipinski definition) is 2. The van der Waals surface area contributed by atoms with Crippen LogP contribution in [-0.4, -0.2) is 31.4 Å². The van der Waals surface area contributed by atoms with Crippen molar-refractivity contribution in [2.75, 3.05) is 25.0 Å². The van der Waals surface area contributed by atoms with Crippen molar-refractivity contribution >= 4 is 17.5 Å². The standard InChI is InChI=1S/C20H22F3N3O2/c1-2-26(13-18(27)24-12-15-8-4-3-5-9-15)14-19(28)25-17-11-7-6-10-16(17)20(21,22)23/h3-11H,2,12-14H2,1H3,(H,24,27)(H,25,28)/p+1. The van der Waals surface area contributed by atoms with Gasteiger partial charge in [0.2, 0.25) is 0 Å². The van der Waals surface area contributed by atoms with Crippen LogP contribution in [0.4, 0.5) is 18.9 Å². The molecule has 0 bridgehead atoms. The quantitative estimate of drug-likeness (QED) is 0.640. The summed E-state index contributed by atoms with van der Waals surface area (Å²) >= 11 is 0. The molecular weight excluding hydrogens is 371 g/mol. The molecule has 2 aromatic rings. The van der Waals surface area contributed by atoms with E-state index >= 15 is 0 Å². The first kappa shape index (κ1) is 21.4. The number of quaternary nitrogens is 1. The van der Waals surface area contributed by atoms with Crippen LogP contribution in [0, 0.1) is 0 Å². The Labute approximate surface area is 161 Å². The third-order valence-corrected chi connectivity index (χ3v) is 4.16. The maximum Gasteiger partial charge on any atom is 0.418 e. The normalized spacial score (nSPS) is 12.3. The maximum absolute atomic E-state index is 13.0. The molecule has 5 nitrogen and oxygen atoms in total. The van der Waals surface area contributed by atoms with Gasteiger partial charge in [0.15, 0.2) is 13.1 Å². The summed E-state index contributed by atoms with van der Waals surface area (Å²) < 4.78 is 39.0. The zero-order valence-corrected chi connectivity index (χ0v) is 15.5. The van der Waals surface area contributed by atoms with E-state index in [1.165, 1.54) is 18.2 Å². The Balaban J connectivity index is 1.88.